The summed E-state index contributed by atoms with van der Waals surface area (Å²) in [5, 5.41) is 6.10. The number of fused-ring (bicyclic) bond motifs is 5. The molecule has 1 aromatic carbocycles. The van der Waals surface area contributed by atoms with E-state index in [1.54, 1.807) is 0 Å². The van der Waals surface area contributed by atoms with E-state index in [2.05, 4.69) is 25.0 Å². The lowest BCUT2D eigenvalue weighted by molar-refractivity contribution is 0.527. The third-order valence-electron chi connectivity index (χ3n) is 4.29. The largest absolute Gasteiger partial charge is 0.463 e. The summed E-state index contributed by atoms with van der Waals surface area (Å²) in [5.41, 5.74) is 7.06. The number of aryl methyl sites for hydroxylation is 3. The average molecular weight is 268 g/mol. The minimum absolute atomic E-state index is 0.562. The lowest BCUT2D eigenvalue weighted by Crippen LogP contribution is -2.12. The Bertz CT molecular complexity index is 916. The van der Waals surface area contributed by atoms with Crippen molar-refractivity contribution in [2.45, 2.75) is 33.1 Å². The fourth-order valence-electron chi connectivity index (χ4n) is 3.46. The summed E-state index contributed by atoms with van der Waals surface area (Å²) in [7, 11) is 0. The van der Waals surface area contributed by atoms with E-state index in [0.29, 0.717) is 5.55 Å². The Morgan fingerprint density at radius 1 is 1.10 bits per heavy atom. The van der Waals surface area contributed by atoms with Gasteiger partial charge >= 0.3 is 0 Å². The summed E-state index contributed by atoms with van der Waals surface area (Å²) in [5.74, 6) is 5.48. The summed E-state index contributed by atoms with van der Waals surface area (Å²) < 4.78 is 11.7. The van der Waals surface area contributed by atoms with E-state index in [1.165, 1.54) is 16.5 Å². The van der Waals surface area contributed by atoms with Gasteiger partial charge in [-0.05, 0) is 55.9 Å². The Morgan fingerprint density at radius 2 is 1.90 bits per heavy atom. The minimum Gasteiger partial charge on any atom is -0.463 e. The second-order valence-electron chi connectivity index (χ2n) is 5.54. The smallest absolute Gasteiger partial charge is 0.239 e. The lowest BCUT2D eigenvalue weighted by Gasteiger charge is -2.08. The molecular formula is C16H16N2O2. The van der Waals surface area contributed by atoms with Crippen molar-refractivity contribution in [3.63, 3.8) is 0 Å². The summed E-state index contributed by atoms with van der Waals surface area (Å²) in [6, 6.07) is 2.06. The molecule has 4 heteroatoms. The van der Waals surface area contributed by atoms with Crippen LogP contribution < -0.4 is 11.4 Å². The summed E-state index contributed by atoms with van der Waals surface area (Å²) in [6.45, 7) is 4.15. The highest BCUT2D eigenvalue weighted by atomic mass is 16.3. The van der Waals surface area contributed by atoms with Crippen LogP contribution >= 0.6 is 0 Å². The van der Waals surface area contributed by atoms with Crippen LogP contribution in [0.5, 0.6) is 0 Å². The van der Waals surface area contributed by atoms with Crippen LogP contribution in [-0.4, -0.2) is 0 Å². The van der Waals surface area contributed by atoms with Gasteiger partial charge in [0, 0.05) is 10.9 Å². The number of nitrogens with two attached hydrogens (primary N) is 1. The predicted octanol–water partition coefficient (Wildman–Crippen LogP) is 3.06. The Balaban J connectivity index is 2.31. The molecule has 2 heterocycles. The van der Waals surface area contributed by atoms with Gasteiger partial charge in [-0.3, -0.25) is 0 Å². The van der Waals surface area contributed by atoms with E-state index in [0.717, 1.165) is 46.9 Å². The van der Waals surface area contributed by atoms with E-state index in [1.807, 2.05) is 6.26 Å². The van der Waals surface area contributed by atoms with E-state index < -0.39 is 0 Å². The topological polar surface area (TPSA) is 64.7 Å². The third-order valence-corrected chi connectivity index (χ3v) is 4.29. The minimum atomic E-state index is 0.562. The van der Waals surface area contributed by atoms with Crippen molar-refractivity contribution in [1.29, 1.82) is 0 Å². The Labute approximate surface area is 115 Å². The van der Waals surface area contributed by atoms with Crippen LogP contribution in [0.1, 0.15) is 28.7 Å². The first-order valence-corrected chi connectivity index (χ1v) is 6.90. The molecule has 0 spiro atoms. The van der Waals surface area contributed by atoms with Gasteiger partial charge in [-0.1, -0.05) is 0 Å². The number of hydrogen-bond donors (Lipinski definition) is 1. The van der Waals surface area contributed by atoms with Crippen molar-refractivity contribution in [1.82, 2.24) is 0 Å². The van der Waals surface area contributed by atoms with Crippen molar-refractivity contribution < 1.29 is 8.83 Å². The molecule has 4 rings (SSSR count). The summed E-state index contributed by atoms with van der Waals surface area (Å²) in [6.07, 6.45) is 4.93. The Kier molecular flexibility index (Phi) is 2.25. The molecule has 0 unspecified atom stereocenters. The SMILES string of the molecule is Cc1coc2c1c(C)cc1oc(=NN)c3c(c12)CCC3. The molecule has 0 amide bonds. The Morgan fingerprint density at radius 3 is 2.70 bits per heavy atom. The maximum Gasteiger partial charge on any atom is 0.239 e. The lowest BCUT2D eigenvalue weighted by atomic mass is 10.0. The first-order valence-electron chi connectivity index (χ1n) is 6.90. The van der Waals surface area contributed by atoms with Gasteiger partial charge in [0.1, 0.15) is 11.2 Å². The standard InChI is InChI=1S/C16H16N2O2/c1-8-6-12-14(15-13(8)9(2)7-19-15)10-4-3-5-11(10)16(18-17)20-12/h6-7H,3-5,17H2,1-2H3. The number of benzene rings is 1. The number of rotatable bonds is 0. The van der Waals surface area contributed by atoms with Crippen molar-refractivity contribution in [2.24, 2.45) is 10.9 Å². The third kappa shape index (κ3) is 1.33. The normalized spacial score (nSPS) is 15.4. The number of nitrogens with zero attached hydrogens (tertiary/aromatic N) is 1. The molecule has 3 aromatic rings. The van der Waals surface area contributed by atoms with Gasteiger partial charge in [0.25, 0.3) is 0 Å². The van der Waals surface area contributed by atoms with Crippen LogP contribution in [0.15, 0.2) is 26.3 Å². The molecule has 0 saturated carbocycles. The van der Waals surface area contributed by atoms with Gasteiger partial charge in [0.05, 0.1) is 11.6 Å². The zero-order valence-electron chi connectivity index (χ0n) is 11.6. The van der Waals surface area contributed by atoms with Crippen LogP contribution in [0, 0.1) is 13.8 Å². The van der Waals surface area contributed by atoms with Crippen LogP contribution in [0.2, 0.25) is 0 Å². The second kappa shape index (κ2) is 3.88. The first kappa shape index (κ1) is 11.6. The van der Waals surface area contributed by atoms with E-state index in [9.17, 15) is 0 Å². The summed E-state index contributed by atoms with van der Waals surface area (Å²) >= 11 is 0. The van der Waals surface area contributed by atoms with E-state index in [-0.39, 0.29) is 0 Å². The second-order valence-corrected chi connectivity index (χ2v) is 5.54. The van der Waals surface area contributed by atoms with Crippen LogP contribution in [-0.2, 0) is 12.8 Å². The zero-order chi connectivity index (χ0) is 13.9. The highest BCUT2D eigenvalue weighted by Gasteiger charge is 2.22. The fraction of sp³-hybridized carbons (Fsp3) is 0.312. The molecule has 0 fully saturated rings. The molecular weight excluding hydrogens is 252 g/mol. The maximum absolute atomic E-state index is 5.90. The monoisotopic (exact) mass is 268 g/mol. The average Bonchev–Trinajstić information content (AvgIpc) is 3.05. The zero-order valence-corrected chi connectivity index (χ0v) is 11.6. The molecule has 2 N–H and O–H groups in total. The van der Waals surface area contributed by atoms with Crippen molar-refractivity contribution >= 4 is 21.9 Å². The van der Waals surface area contributed by atoms with Gasteiger partial charge in [-0.15, -0.1) is 5.10 Å². The van der Waals surface area contributed by atoms with Gasteiger partial charge in [0.15, 0.2) is 0 Å². The molecule has 0 aliphatic heterocycles. The summed E-state index contributed by atoms with van der Waals surface area (Å²) in [4.78, 5) is 0. The molecule has 0 bridgehead atoms. The molecule has 1 aliphatic carbocycles. The molecule has 0 radical (unpaired) electrons. The molecule has 20 heavy (non-hydrogen) atoms. The highest BCUT2D eigenvalue weighted by Crippen LogP contribution is 2.36. The number of hydrogen-bond acceptors (Lipinski definition) is 4. The van der Waals surface area contributed by atoms with Gasteiger partial charge in [-0.25, -0.2) is 0 Å². The predicted molar refractivity (Wildman–Crippen MR) is 77.2 cm³/mol. The molecule has 0 saturated heterocycles. The van der Waals surface area contributed by atoms with Crippen LogP contribution in [0.25, 0.3) is 21.9 Å². The van der Waals surface area contributed by atoms with Crippen molar-refractivity contribution in [2.75, 3.05) is 0 Å². The van der Waals surface area contributed by atoms with Crippen LogP contribution in [0.4, 0.5) is 0 Å². The quantitative estimate of drug-likeness (QED) is 0.503. The Hall–Kier alpha value is -2.23. The first-order chi connectivity index (χ1) is 9.70. The van der Waals surface area contributed by atoms with E-state index in [4.69, 9.17) is 14.7 Å². The highest BCUT2D eigenvalue weighted by molar-refractivity contribution is 6.07. The van der Waals surface area contributed by atoms with Crippen LogP contribution in [0.3, 0.4) is 0 Å². The number of furan rings is 1. The maximum atomic E-state index is 5.90. The van der Waals surface area contributed by atoms with Gasteiger partial charge in [-0.2, -0.15) is 0 Å². The van der Waals surface area contributed by atoms with Crippen molar-refractivity contribution in [3.8, 4) is 0 Å². The molecule has 102 valence electrons. The fourth-order valence-corrected chi connectivity index (χ4v) is 3.46. The van der Waals surface area contributed by atoms with Gasteiger partial charge < -0.3 is 14.7 Å². The molecule has 4 nitrogen and oxygen atoms in total. The van der Waals surface area contributed by atoms with E-state index >= 15 is 0 Å². The van der Waals surface area contributed by atoms with Gasteiger partial charge in [0.2, 0.25) is 5.55 Å². The molecule has 1 aliphatic rings. The molecule has 2 aromatic heterocycles. The van der Waals surface area contributed by atoms with Crippen molar-refractivity contribution in [3.05, 3.63) is 40.1 Å². The molecule has 0 atom stereocenters.